The van der Waals surface area contributed by atoms with Crippen molar-refractivity contribution in [2.24, 2.45) is 10.3 Å². The van der Waals surface area contributed by atoms with Gasteiger partial charge in [-0.3, -0.25) is 9.59 Å². The van der Waals surface area contributed by atoms with Gasteiger partial charge < -0.3 is 14.5 Å². The van der Waals surface area contributed by atoms with Crippen LogP contribution in [0.5, 0.6) is 0 Å². The number of esters is 1. The van der Waals surface area contributed by atoms with Crippen LogP contribution in [0.2, 0.25) is 0 Å². The van der Waals surface area contributed by atoms with Gasteiger partial charge in [-0.2, -0.15) is 0 Å². The fourth-order valence-electron chi connectivity index (χ4n) is 3.24. The predicted molar refractivity (Wildman–Crippen MR) is 106 cm³/mol. The molecule has 0 unspecified atom stereocenters. The molecule has 3 aliphatic rings. The molecule has 1 fully saturated rings. The van der Waals surface area contributed by atoms with Gasteiger partial charge in [0.2, 0.25) is 0 Å². The average molecular weight is 424 g/mol. The van der Waals surface area contributed by atoms with Gasteiger partial charge in [0, 0.05) is 23.5 Å². The molecule has 1 amide bonds. The molecule has 1 aliphatic carbocycles. The summed E-state index contributed by atoms with van der Waals surface area (Å²) in [5.41, 5.74) is 1.33. The van der Waals surface area contributed by atoms with Crippen molar-refractivity contribution in [1.29, 1.82) is 0 Å². The topological polar surface area (TPSA) is 96.3 Å². The SMILES string of the molecule is CCOC(=O)CN(CC1CC1)C(=O)c1ccc2c(c1)SC1=NS(=O)(=O)CCN12. The second-order valence-electron chi connectivity index (χ2n) is 7.03. The van der Waals surface area contributed by atoms with Crippen LogP contribution in [0.4, 0.5) is 5.69 Å². The summed E-state index contributed by atoms with van der Waals surface area (Å²) in [6.45, 7) is 2.84. The Balaban J connectivity index is 1.56. The molecule has 4 rings (SSSR count). The van der Waals surface area contributed by atoms with Gasteiger partial charge >= 0.3 is 5.97 Å². The number of carbonyl (C=O) groups excluding carboxylic acids is 2. The molecule has 150 valence electrons. The third kappa shape index (κ3) is 4.02. The zero-order valence-electron chi connectivity index (χ0n) is 15.5. The summed E-state index contributed by atoms with van der Waals surface area (Å²) in [5.74, 6) is -0.214. The summed E-state index contributed by atoms with van der Waals surface area (Å²) in [6.07, 6.45) is 2.13. The Morgan fingerprint density at radius 3 is 2.86 bits per heavy atom. The quantitative estimate of drug-likeness (QED) is 0.643. The van der Waals surface area contributed by atoms with Gasteiger partial charge in [-0.05, 0) is 55.6 Å². The van der Waals surface area contributed by atoms with E-state index in [0.717, 1.165) is 23.4 Å². The molecule has 2 heterocycles. The predicted octanol–water partition coefficient (Wildman–Crippen LogP) is 1.71. The van der Waals surface area contributed by atoms with Crippen molar-refractivity contribution in [2.45, 2.75) is 24.7 Å². The molecule has 2 aliphatic heterocycles. The summed E-state index contributed by atoms with van der Waals surface area (Å²) < 4.78 is 32.3. The molecule has 0 radical (unpaired) electrons. The lowest BCUT2D eigenvalue weighted by Crippen LogP contribution is -2.38. The molecular weight excluding hydrogens is 402 g/mol. The van der Waals surface area contributed by atoms with E-state index in [4.69, 9.17) is 4.74 Å². The Kier molecular flexibility index (Phi) is 5.09. The maximum atomic E-state index is 13.0. The van der Waals surface area contributed by atoms with E-state index >= 15 is 0 Å². The fourth-order valence-corrected chi connectivity index (χ4v) is 5.54. The van der Waals surface area contributed by atoms with Crippen LogP contribution in [0.1, 0.15) is 30.1 Å². The number of amidine groups is 1. The van der Waals surface area contributed by atoms with Crippen molar-refractivity contribution in [2.75, 3.05) is 36.9 Å². The molecule has 0 bridgehead atoms. The Hall–Kier alpha value is -2.07. The normalized spacial score (nSPS) is 19.5. The Morgan fingerprint density at radius 2 is 2.14 bits per heavy atom. The number of amides is 1. The fraction of sp³-hybridized carbons (Fsp3) is 0.500. The number of ether oxygens (including phenoxy) is 1. The minimum atomic E-state index is -3.42. The number of hydrogen-bond donors (Lipinski definition) is 0. The smallest absolute Gasteiger partial charge is 0.325 e. The third-order valence-electron chi connectivity index (χ3n) is 4.81. The number of fused-ring (bicyclic) bond motifs is 3. The van der Waals surface area contributed by atoms with Gasteiger partial charge in [-0.15, -0.1) is 4.40 Å². The van der Waals surface area contributed by atoms with E-state index in [1.165, 1.54) is 11.8 Å². The largest absolute Gasteiger partial charge is 0.465 e. The van der Waals surface area contributed by atoms with Crippen LogP contribution in [0.15, 0.2) is 27.5 Å². The van der Waals surface area contributed by atoms with Gasteiger partial charge in [-0.1, -0.05) is 0 Å². The zero-order valence-corrected chi connectivity index (χ0v) is 17.1. The van der Waals surface area contributed by atoms with Gasteiger partial charge in [0.1, 0.15) is 6.54 Å². The maximum absolute atomic E-state index is 13.0. The van der Waals surface area contributed by atoms with Gasteiger partial charge in [0.05, 0.1) is 18.0 Å². The molecule has 0 N–H and O–H groups in total. The number of thioether (sulfide) groups is 1. The minimum absolute atomic E-state index is 0.0219. The highest BCUT2D eigenvalue weighted by molar-refractivity contribution is 8.15. The van der Waals surface area contributed by atoms with E-state index < -0.39 is 16.0 Å². The summed E-state index contributed by atoms with van der Waals surface area (Å²) >= 11 is 1.25. The monoisotopic (exact) mass is 423 g/mol. The standard InChI is InChI=1S/C18H21N3O5S2/c1-2-26-16(22)11-20(10-12-3-4-12)17(23)13-5-6-14-15(9-13)27-18-19-28(24,25)8-7-21(14)18/h5-6,9,12H,2-4,7-8,10-11H2,1H3. The van der Waals surface area contributed by atoms with E-state index in [2.05, 4.69) is 4.40 Å². The number of rotatable bonds is 6. The number of anilines is 1. The van der Waals surface area contributed by atoms with Gasteiger partial charge in [0.15, 0.2) is 5.17 Å². The number of carbonyl (C=O) groups is 2. The third-order valence-corrected chi connectivity index (χ3v) is 7.11. The molecule has 1 aromatic carbocycles. The van der Waals surface area contributed by atoms with Crippen LogP contribution in [0.25, 0.3) is 0 Å². The number of sulfonamides is 1. The lowest BCUT2D eigenvalue weighted by atomic mass is 10.1. The van der Waals surface area contributed by atoms with E-state index in [9.17, 15) is 18.0 Å². The number of nitrogens with zero attached hydrogens (tertiary/aromatic N) is 3. The van der Waals surface area contributed by atoms with Crippen LogP contribution < -0.4 is 4.90 Å². The highest BCUT2D eigenvalue weighted by atomic mass is 32.2. The lowest BCUT2D eigenvalue weighted by molar-refractivity contribution is -0.143. The highest BCUT2D eigenvalue weighted by Gasteiger charge is 2.34. The van der Waals surface area contributed by atoms with Crippen LogP contribution in [0, 0.1) is 5.92 Å². The summed E-state index contributed by atoms with van der Waals surface area (Å²) in [4.78, 5) is 29.1. The minimum Gasteiger partial charge on any atom is -0.465 e. The molecule has 0 spiro atoms. The van der Waals surface area contributed by atoms with Crippen LogP contribution in [0.3, 0.4) is 0 Å². The maximum Gasteiger partial charge on any atom is 0.325 e. The molecule has 0 saturated heterocycles. The van der Waals surface area contributed by atoms with E-state index in [1.807, 2.05) is 11.0 Å². The van der Waals surface area contributed by atoms with Gasteiger partial charge in [0.25, 0.3) is 15.9 Å². The van der Waals surface area contributed by atoms with Crippen molar-refractivity contribution in [3.63, 3.8) is 0 Å². The molecule has 1 saturated carbocycles. The zero-order chi connectivity index (χ0) is 19.9. The first-order valence-electron chi connectivity index (χ1n) is 9.23. The first-order chi connectivity index (χ1) is 13.4. The van der Waals surface area contributed by atoms with E-state index in [-0.39, 0.29) is 24.8 Å². The molecule has 0 atom stereocenters. The van der Waals surface area contributed by atoms with Crippen LogP contribution in [-0.2, 0) is 19.6 Å². The first kappa shape index (κ1) is 19.3. The van der Waals surface area contributed by atoms with E-state index in [0.29, 0.717) is 29.7 Å². The molecular formula is C18H21N3O5S2. The molecule has 10 heteroatoms. The molecule has 8 nitrogen and oxygen atoms in total. The Bertz CT molecular complexity index is 956. The number of benzene rings is 1. The summed E-state index contributed by atoms with van der Waals surface area (Å²) in [6, 6.07) is 5.29. The molecule has 0 aromatic heterocycles. The average Bonchev–Trinajstić information content (AvgIpc) is 3.38. The Morgan fingerprint density at radius 1 is 1.36 bits per heavy atom. The van der Waals surface area contributed by atoms with E-state index in [1.54, 1.807) is 24.0 Å². The van der Waals surface area contributed by atoms with Crippen LogP contribution >= 0.6 is 11.8 Å². The molecule has 28 heavy (non-hydrogen) atoms. The van der Waals surface area contributed by atoms with Crippen LogP contribution in [-0.4, -0.2) is 62.4 Å². The highest BCUT2D eigenvalue weighted by Crippen LogP contribution is 2.42. The summed E-state index contributed by atoms with van der Waals surface area (Å²) in [7, 11) is -3.42. The second-order valence-corrected chi connectivity index (χ2v) is 9.79. The number of hydrogen-bond acceptors (Lipinski definition) is 7. The summed E-state index contributed by atoms with van der Waals surface area (Å²) in [5, 5.41) is 0.423. The molecule has 1 aromatic rings. The second kappa shape index (κ2) is 7.40. The lowest BCUT2D eigenvalue weighted by Gasteiger charge is -2.23. The van der Waals surface area contributed by atoms with Crippen molar-refractivity contribution >= 4 is 44.5 Å². The van der Waals surface area contributed by atoms with Crippen molar-refractivity contribution in [1.82, 2.24) is 4.90 Å². The Labute approximate surface area is 168 Å². The van der Waals surface area contributed by atoms with Gasteiger partial charge in [-0.25, -0.2) is 8.42 Å². The van der Waals surface area contributed by atoms with Crippen molar-refractivity contribution in [3.8, 4) is 0 Å². The van der Waals surface area contributed by atoms with Crippen molar-refractivity contribution in [3.05, 3.63) is 23.8 Å². The van der Waals surface area contributed by atoms with Crippen molar-refractivity contribution < 1.29 is 22.7 Å². The first-order valence-corrected chi connectivity index (χ1v) is 11.7.